The average Bonchev–Trinajstić information content (AvgIpc) is 2.81. The predicted octanol–water partition coefficient (Wildman–Crippen LogP) is 2.59. The third kappa shape index (κ3) is 3.36. The van der Waals surface area contributed by atoms with E-state index in [2.05, 4.69) is 18.1 Å². The van der Waals surface area contributed by atoms with Crippen molar-refractivity contribution in [3.8, 4) is 0 Å². The highest BCUT2D eigenvalue weighted by Crippen LogP contribution is 2.25. The van der Waals surface area contributed by atoms with Gasteiger partial charge in [0.15, 0.2) is 11.5 Å². The Morgan fingerprint density at radius 1 is 1.32 bits per heavy atom. The van der Waals surface area contributed by atoms with Crippen molar-refractivity contribution in [1.29, 1.82) is 0 Å². The molecule has 0 saturated heterocycles. The van der Waals surface area contributed by atoms with Crippen molar-refractivity contribution >= 4 is 29.4 Å². The van der Waals surface area contributed by atoms with Crippen LogP contribution in [-0.4, -0.2) is 34.3 Å². The molecule has 2 rings (SSSR count). The lowest BCUT2D eigenvalue weighted by molar-refractivity contribution is -0.138. The molecule has 8 heteroatoms. The number of amides is 2. The lowest BCUT2D eigenvalue weighted by Gasteiger charge is -2.15. The molecule has 130 valence electrons. The number of aromatic nitrogens is 1. The number of halogens is 2. The van der Waals surface area contributed by atoms with Gasteiger partial charge < -0.3 is 4.74 Å². The average molecular weight is 365 g/mol. The zero-order valence-electron chi connectivity index (χ0n) is 13.3. The summed E-state index contributed by atoms with van der Waals surface area (Å²) in [5.74, 6) is -3.19. The van der Waals surface area contributed by atoms with Crippen LogP contribution < -0.4 is 0 Å². The number of hydrogen-bond donors (Lipinski definition) is 0. The fraction of sp³-hybridized carbons (Fsp3) is 0.176. The van der Waals surface area contributed by atoms with Crippen LogP contribution in [0.2, 0.25) is 5.02 Å². The van der Waals surface area contributed by atoms with Gasteiger partial charge in [-0.3, -0.25) is 14.5 Å². The highest BCUT2D eigenvalue weighted by Gasteiger charge is 2.35. The molecule has 0 atom stereocenters. The van der Waals surface area contributed by atoms with Gasteiger partial charge >= 0.3 is 5.97 Å². The number of nitrogens with zero attached hydrogens (tertiary/aromatic N) is 2. The fourth-order valence-electron chi connectivity index (χ4n) is 2.28. The summed E-state index contributed by atoms with van der Waals surface area (Å²) in [6.45, 7) is 8.29. The molecule has 6 nitrogen and oxygen atoms in total. The summed E-state index contributed by atoms with van der Waals surface area (Å²) >= 11 is 5.78. The predicted molar refractivity (Wildman–Crippen MR) is 88.1 cm³/mol. The second-order valence-corrected chi connectivity index (χ2v) is 5.32. The van der Waals surface area contributed by atoms with E-state index in [-0.39, 0.29) is 35.0 Å². The van der Waals surface area contributed by atoms with Gasteiger partial charge in [-0.1, -0.05) is 36.9 Å². The summed E-state index contributed by atoms with van der Waals surface area (Å²) in [4.78, 5) is 41.1. The van der Waals surface area contributed by atoms with E-state index in [1.807, 2.05) is 0 Å². The molecule has 1 aromatic rings. The van der Waals surface area contributed by atoms with Gasteiger partial charge in [0.1, 0.15) is 0 Å². The molecular formula is C17H14ClFN2O4. The monoisotopic (exact) mass is 364 g/mol. The minimum atomic E-state index is -1.03. The van der Waals surface area contributed by atoms with Gasteiger partial charge in [0.25, 0.3) is 11.8 Å². The second kappa shape index (κ2) is 7.40. The zero-order valence-corrected chi connectivity index (χ0v) is 14.1. The van der Waals surface area contributed by atoms with Gasteiger partial charge in [0.2, 0.25) is 0 Å². The second-order valence-electron chi connectivity index (χ2n) is 4.91. The van der Waals surface area contributed by atoms with E-state index in [1.54, 1.807) is 6.92 Å². The van der Waals surface area contributed by atoms with Crippen molar-refractivity contribution in [3.05, 3.63) is 64.8 Å². The van der Waals surface area contributed by atoms with Crippen molar-refractivity contribution in [3.63, 3.8) is 0 Å². The van der Waals surface area contributed by atoms with Crippen molar-refractivity contribution in [1.82, 2.24) is 9.88 Å². The molecule has 0 unspecified atom stereocenters. The highest BCUT2D eigenvalue weighted by molar-refractivity contribution is 6.31. The van der Waals surface area contributed by atoms with Crippen LogP contribution in [0.1, 0.15) is 23.1 Å². The Kier molecular flexibility index (Phi) is 5.48. The highest BCUT2D eigenvalue weighted by atomic mass is 35.5. The van der Waals surface area contributed by atoms with Crippen LogP contribution in [0, 0.1) is 5.82 Å². The minimum Gasteiger partial charge on any atom is -0.461 e. The number of hydrogen-bond acceptors (Lipinski definition) is 5. The maximum absolute atomic E-state index is 14.0. The summed E-state index contributed by atoms with van der Waals surface area (Å²) < 4.78 is 18.7. The quantitative estimate of drug-likeness (QED) is 0.573. The Morgan fingerprint density at radius 2 is 1.88 bits per heavy atom. The Balaban J connectivity index is 2.37. The van der Waals surface area contributed by atoms with Crippen molar-refractivity contribution in [2.45, 2.75) is 13.5 Å². The minimum absolute atomic E-state index is 0.0280. The van der Waals surface area contributed by atoms with E-state index in [9.17, 15) is 18.8 Å². The lowest BCUT2D eigenvalue weighted by atomic mass is 10.1. The molecule has 1 aliphatic rings. The molecule has 0 N–H and O–H groups in total. The molecule has 0 aromatic carbocycles. The van der Waals surface area contributed by atoms with Gasteiger partial charge in [-0.15, -0.1) is 0 Å². The lowest BCUT2D eigenvalue weighted by Crippen LogP contribution is -2.31. The molecule has 0 aliphatic carbocycles. The van der Waals surface area contributed by atoms with Gasteiger partial charge in [-0.05, 0) is 13.0 Å². The van der Waals surface area contributed by atoms with Crippen LogP contribution in [-0.2, 0) is 20.9 Å². The van der Waals surface area contributed by atoms with Crippen LogP contribution in [0.5, 0.6) is 0 Å². The standard InChI is InChI=1S/C17H14ClFN2O4/c1-4-10-11(5-2)16(23)21(15(10)22)8-9-7-12(18)13(19)14(20-9)17(24)25-6-3/h4-5,7H,1-2,6,8H2,3H3. The van der Waals surface area contributed by atoms with Gasteiger partial charge in [0.05, 0.1) is 35.0 Å². The van der Waals surface area contributed by atoms with E-state index in [1.165, 1.54) is 12.2 Å². The van der Waals surface area contributed by atoms with E-state index >= 15 is 0 Å². The Bertz CT molecular complexity index is 802. The number of pyridine rings is 1. The van der Waals surface area contributed by atoms with E-state index in [4.69, 9.17) is 16.3 Å². The molecule has 0 bridgehead atoms. The van der Waals surface area contributed by atoms with Crippen LogP contribution >= 0.6 is 11.6 Å². The molecule has 25 heavy (non-hydrogen) atoms. The molecule has 0 spiro atoms. The number of imide groups is 1. The zero-order chi connectivity index (χ0) is 18.7. The van der Waals surface area contributed by atoms with Crippen LogP contribution in [0.25, 0.3) is 0 Å². The number of carbonyl (C=O) groups is 3. The topological polar surface area (TPSA) is 76.6 Å². The fourth-order valence-corrected chi connectivity index (χ4v) is 2.49. The van der Waals surface area contributed by atoms with E-state index < -0.39 is 29.3 Å². The van der Waals surface area contributed by atoms with Gasteiger partial charge in [-0.25, -0.2) is 14.2 Å². The first-order valence-electron chi connectivity index (χ1n) is 7.23. The molecular weight excluding hydrogens is 351 g/mol. The molecule has 2 heterocycles. The smallest absolute Gasteiger partial charge is 0.360 e. The van der Waals surface area contributed by atoms with Crippen molar-refractivity contribution in [2.24, 2.45) is 0 Å². The Hall–Kier alpha value is -2.80. The number of esters is 1. The van der Waals surface area contributed by atoms with E-state index in [0.717, 1.165) is 11.0 Å². The maximum Gasteiger partial charge on any atom is 0.360 e. The largest absolute Gasteiger partial charge is 0.461 e. The third-order valence-electron chi connectivity index (χ3n) is 3.40. The first kappa shape index (κ1) is 18.5. The number of rotatable bonds is 6. The SMILES string of the molecule is C=CC1=C(C=C)C(=O)N(Cc2cc(Cl)c(F)c(C(=O)OCC)n2)C1=O. The first-order valence-corrected chi connectivity index (χ1v) is 7.60. The summed E-state index contributed by atoms with van der Waals surface area (Å²) in [5, 5.41) is -0.368. The molecule has 1 aliphatic heterocycles. The normalized spacial score (nSPS) is 14.1. The third-order valence-corrected chi connectivity index (χ3v) is 3.68. The van der Waals surface area contributed by atoms with Gasteiger partial charge in [-0.2, -0.15) is 0 Å². The summed E-state index contributed by atoms with van der Waals surface area (Å²) in [6, 6.07) is 1.14. The van der Waals surface area contributed by atoms with Crippen molar-refractivity contribution < 1.29 is 23.5 Å². The first-order chi connectivity index (χ1) is 11.8. The Morgan fingerprint density at radius 3 is 2.36 bits per heavy atom. The van der Waals surface area contributed by atoms with Crippen molar-refractivity contribution in [2.75, 3.05) is 6.61 Å². The molecule has 1 aromatic heterocycles. The molecule has 2 amide bonds. The molecule has 0 saturated carbocycles. The van der Waals surface area contributed by atoms with Crippen LogP contribution in [0.4, 0.5) is 4.39 Å². The summed E-state index contributed by atoms with van der Waals surface area (Å²) in [7, 11) is 0. The van der Waals surface area contributed by atoms with E-state index in [0.29, 0.717) is 0 Å². The Labute approximate surface area is 148 Å². The number of carbonyl (C=O) groups excluding carboxylic acids is 3. The van der Waals surface area contributed by atoms with Gasteiger partial charge in [0, 0.05) is 0 Å². The molecule has 0 fully saturated rings. The molecule has 0 radical (unpaired) electrons. The number of ether oxygens (including phenoxy) is 1. The van der Waals surface area contributed by atoms with Crippen LogP contribution in [0.3, 0.4) is 0 Å². The maximum atomic E-state index is 14.0. The summed E-state index contributed by atoms with van der Waals surface area (Å²) in [6.07, 6.45) is 2.51. The van der Waals surface area contributed by atoms with Crippen LogP contribution in [0.15, 0.2) is 42.5 Å². The summed E-state index contributed by atoms with van der Waals surface area (Å²) in [5.41, 5.74) is -0.327.